The van der Waals surface area contributed by atoms with Crippen LogP contribution in [0.25, 0.3) is 10.9 Å². The average Bonchev–Trinajstić information content (AvgIpc) is 3.66. The second kappa shape index (κ2) is 15.5. The van der Waals surface area contributed by atoms with E-state index >= 15 is 0 Å². The summed E-state index contributed by atoms with van der Waals surface area (Å²) >= 11 is 0. The van der Waals surface area contributed by atoms with Crippen LogP contribution in [-0.4, -0.2) is 72.4 Å². The van der Waals surface area contributed by atoms with Crippen molar-refractivity contribution < 1.29 is 28.2 Å². The number of alkyl halides is 1. The van der Waals surface area contributed by atoms with Crippen LogP contribution in [0, 0.1) is 23.7 Å². The molecular formula is C35H51FN4O5. The number of hydrogen-bond acceptors (Lipinski definition) is 6. The van der Waals surface area contributed by atoms with Gasteiger partial charge in [-0.1, -0.05) is 32.1 Å². The van der Waals surface area contributed by atoms with Crippen molar-refractivity contribution in [2.75, 3.05) is 38.4 Å². The van der Waals surface area contributed by atoms with Gasteiger partial charge < -0.3 is 30.0 Å². The molecule has 1 aromatic heterocycles. The van der Waals surface area contributed by atoms with Crippen molar-refractivity contribution in [2.45, 2.75) is 89.6 Å². The molecule has 10 heteroatoms. The third-order valence-electron chi connectivity index (χ3n) is 10.5. The molecule has 0 unspecified atom stereocenters. The van der Waals surface area contributed by atoms with Gasteiger partial charge in [0.25, 0.3) is 0 Å². The lowest BCUT2D eigenvalue weighted by Gasteiger charge is -2.36. The number of benzene rings is 1. The Balaban J connectivity index is 1.30. The molecule has 3 aliphatic rings. The number of amides is 2. The molecule has 3 fully saturated rings. The van der Waals surface area contributed by atoms with Crippen LogP contribution in [0.1, 0.15) is 88.0 Å². The van der Waals surface area contributed by atoms with Gasteiger partial charge in [0.1, 0.15) is 18.4 Å². The highest BCUT2D eigenvalue weighted by Crippen LogP contribution is 2.41. The summed E-state index contributed by atoms with van der Waals surface area (Å²) in [6.07, 6.45) is 10.1. The van der Waals surface area contributed by atoms with Crippen LogP contribution < -0.4 is 11.1 Å². The number of carbonyl (C=O) groups excluding carboxylic acids is 3. The molecule has 2 aliphatic carbocycles. The Hall–Kier alpha value is -2.98. The molecule has 1 aromatic carbocycles. The predicted octanol–water partition coefficient (Wildman–Crippen LogP) is 5.60. The van der Waals surface area contributed by atoms with E-state index in [0.29, 0.717) is 56.3 Å². The Morgan fingerprint density at radius 3 is 2.49 bits per heavy atom. The number of nitrogens with one attached hydrogen (secondary N) is 1. The largest absolute Gasteiger partial charge is 0.461 e. The van der Waals surface area contributed by atoms with E-state index < -0.39 is 24.7 Å². The molecule has 45 heavy (non-hydrogen) atoms. The van der Waals surface area contributed by atoms with Crippen molar-refractivity contribution in [1.82, 2.24) is 9.47 Å². The SMILES string of the molecule is CCOCCCOC(=O)c1cc2cc(NC(=O)[C@@H]3[C@H](C4CCCCC4)CCN3C(=O)C3CCC([C@H](N)CF)CC3)ccc2n1C. The maximum absolute atomic E-state index is 14.1. The van der Waals surface area contributed by atoms with E-state index in [0.717, 1.165) is 43.0 Å². The zero-order valence-electron chi connectivity index (χ0n) is 27.0. The van der Waals surface area contributed by atoms with Crippen molar-refractivity contribution in [3.05, 3.63) is 30.0 Å². The molecule has 2 amide bonds. The summed E-state index contributed by atoms with van der Waals surface area (Å²) in [5.74, 6) is 0.0534. The minimum absolute atomic E-state index is 0.0589. The zero-order chi connectivity index (χ0) is 31.9. The molecule has 0 bridgehead atoms. The van der Waals surface area contributed by atoms with E-state index in [9.17, 15) is 18.8 Å². The smallest absolute Gasteiger partial charge is 0.354 e. The summed E-state index contributed by atoms with van der Waals surface area (Å²) in [5, 5.41) is 3.97. The molecule has 0 radical (unpaired) electrons. The number of anilines is 1. The number of aryl methyl sites for hydroxylation is 1. The quantitative estimate of drug-likeness (QED) is 0.234. The molecule has 2 aromatic rings. The van der Waals surface area contributed by atoms with Crippen LogP contribution in [0.2, 0.25) is 0 Å². The fourth-order valence-corrected chi connectivity index (χ4v) is 7.99. The number of aromatic nitrogens is 1. The van der Waals surface area contributed by atoms with Gasteiger partial charge in [-0.25, -0.2) is 9.18 Å². The molecule has 2 heterocycles. The topological polar surface area (TPSA) is 116 Å². The molecule has 5 rings (SSSR count). The molecule has 0 spiro atoms. The van der Waals surface area contributed by atoms with E-state index in [-0.39, 0.29) is 36.2 Å². The summed E-state index contributed by atoms with van der Waals surface area (Å²) < 4.78 is 25.7. The Labute approximate surface area is 266 Å². The second-order valence-corrected chi connectivity index (χ2v) is 13.3. The van der Waals surface area contributed by atoms with Crippen molar-refractivity contribution in [3.8, 4) is 0 Å². The fraction of sp³-hybridized carbons (Fsp3) is 0.686. The maximum atomic E-state index is 14.1. The van der Waals surface area contributed by atoms with Crippen LogP contribution in [0.15, 0.2) is 24.3 Å². The van der Waals surface area contributed by atoms with Gasteiger partial charge in [-0.05, 0) is 81.0 Å². The number of esters is 1. The number of halogens is 1. The average molecular weight is 627 g/mol. The number of fused-ring (bicyclic) bond motifs is 1. The first-order chi connectivity index (χ1) is 21.8. The van der Waals surface area contributed by atoms with Gasteiger partial charge in [-0.3, -0.25) is 9.59 Å². The van der Waals surface area contributed by atoms with Crippen LogP contribution in [0.4, 0.5) is 10.1 Å². The van der Waals surface area contributed by atoms with E-state index in [1.807, 2.05) is 37.1 Å². The lowest BCUT2D eigenvalue weighted by atomic mass is 9.76. The first kappa shape index (κ1) is 33.4. The Bertz CT molecular complexity index is 1320. The first-order valence-corrected chi connectivity index (χ1v) is 17.1. The summed E-state index contributed by atoms with van der Waals surface area (Å²) in [6.45, 7) is 3.45. The number of carbonyl (C=O) groups is 3. The number of nitrogens with two attached hydrogens (primary N) is 1. The zero-order valence-corrected chi connectivity index (χ0v) is 27.0. The Morgan fingerprint density at radius 2 is 1.78 bits per heavy atom. The van der Waals surface area contributed by atoms with Crippen molar-refractivity contribution >= 4 is 34.4 Å². The van der Waals surface area contributed by atoms with Gasteiger partial charge in [0.2, 0.25) is 11.8 Å². The highest BCUT2D eigenvalue weighted by atomic mass is 19.1. The van der Waals surface area contributed by atoms with E-state index in [2.05, 4.69) is 5.32 Å². The van der Waals surface area contributed by atoms with Gasteiger partial charge in [0.05, 0.1) is 6.61 Å². The summed E-state index contributed by atoms with van der Waals surface area (Å²) in [7, 11) is 1.83. The third kappa shape index (κ3) is 7.71. The summed E-state index contributed by atoms with van der Waals surface area (Å²) in [4.78, 5) is 42.7. The number of ether oxygens (including phenoxy) is 2. The second-order valence-electron chi connectivity index (χ2n) is 13.3. The Morgan fingerprint density at radius 1 is 1.02 bits per heavy atom. The lowest BCUT2D eigenvalue weighted by Crippen LogP contribution is -2.50. The summed E-state index contributed by atoms with van der Waals surface area (Å²) in [6, 6.07) is 6.44. The predicted molar refractivity (Wildman–Crippen MR) is 173 cm³/mol. The number of nitrogens with zero attached hydrogens (tertiary/aromatic N) is 2. The normalized spacial score (nSPS) is 24.9. The van der Waals surface area contributed by atoms with E-state index in [4.69, 9.17) is 15.2 Å². The molecule has 3 N–H and O–H groups in total. The van der Waals surface area contributed by atoms with Gasteiger partial charge in [-0.15, -0.1) is 0 Å². The monoisotopic (exact) mass is 626 g/mol. The van der Waals surface area contributed by atoms with Crippen LogP contribution in [-0.2, 0) is 26.1 Å². The third-order valence-corrected chi connectivity index (χ3v) is 10.5. The molecule has 3 atom stereocenters. The van der Waals surface area contributed by atoms with Crippen LogP contribution >= 0.6 is 0 Å². The highest BCUT2D eigenvalue weighted by Gasteiger charge is 2.47. The molecule has 9 nitrogen and oxygen atoms in total. The summed E-state index contributed by atoms with van der Waals surface area (Å²) in [5.41, 5.74) is 7.90. The van der Waals surface area contributed by atoms with Crippen molar-refractivity contribution in [1.29, 1.82) is 0 Å². The van der Waals surface area contributed by atoms with Crippen LogP contribution in [0.5, 0.6) is 0 Å². The number of rotatable bonds is 12. The van der Waals surface area contributed by atoms with E-state index in [1.165, 1.54) is 19.3 Å². The number of likely N-dealkylation sites (tertiary alicyclic amines) is 1. The molecule has 1 saturated heterocycles. The van der Waals surface area contributed by atoms with Crippen molar-refractivity contribution in [3.63, 3.8) is 0 Å². The fourth-order valence-electron chi connectivity index (χ4n) is 7.99. The highest BCUT2D eigenvalue weighted by molar-refractivity contribution is 6.01. The maximum Gasteiger partial charge on any atom is 0.354 e. The molecule has 248 valence electrons. The van der Waals surface area contributed by atoms with Crippen molar-refractivity contribution in [2.24, 2.45) is 36.5 Å². The standard InChI is InChI=1S/C35H51FN4O5/c1-3-44-18-7-19-45-35(43)31-21-26-20-27(14-15-30(26)39(31)2)38-33(41)32-28(23-8-5-4-6-9-23)16-17-40(32)34(42)25-12-10-24(11-13-25)29(37)22-36/h14-15,20-21,23-25,28-29,32H,3-13,16-19,22,37H2,1-2H3,(H,38,41)/t24?,25?,28-,29+,32-/m0/s1. The molecular weight excluding hydrogens is 575 g/mol. The van der Waals surface area contributed by atoms with Gasteiger partial charge in [0, 0.05) is 61.8 Å². The Kier molecular flexibility index (Phi) is 11.5. The van der Waals surface area contributed by atoms with Gasteiger partial charge >= 0.3 is 5.97 Å². The van der Waals surface area contributed by atoms with Crippen LogP contribution in [0.3, 0.4) is 0 Å². The van der Waals surface area contributed by atoms with Gasteiger partial charge in [0.15, 0.2) is 0 Å². The molecule has 2 saturated carbocycles. The minimum atomic E-state index is -0.532. The lowest BCUT2D eigenvalue weighted by molar-refractivity contribution is -0.142. The van der Waals surface area contributed by atoms with Gasteiger partial charge in [-0.2, -0.15) is 0 Å². The van der Waals surface area contributed by atoms with E-state index in [1.54, 1.807) is 10.6 Å². The minimum Gasteiger partial charge on any atom is -0.461 e. The first-order valence-electron chi connectivity index (χ1n) is 17.1. The number of hydrogen-bond donors (Lipinski definition) is 2. The molecule has 1 aliphatic heterocycles.